The number of alkyl halides is 3. The van der Waals surface area contributed by atoms with Gasteiger partial charge in [-0.15, -0.1) is 0 Å². The topological polar surface area (TPSA) is 74.3 Å². The number of aromatic nitrogens is 3. The molecule has 0 aliphatic carbocycles. The highest BCUT2D eigenvalue weighted by atomic mass is 35.5. The highest BCUT2D eigenvalue weighted by Gasteiger charge is 2.33. The first-order valence-corrected chi connectivity index (χ1v) is 10.6. The summed E-state index contributed by atoms with van der Waals surface area (Å²) in [5.74, 6) is 0.688. The lowest BCUT2D eigenvalue weighted by Crippen LogP contribution is -2.39. The number of rotatable bonds is 5. The molecular weight excluding hydrogens is 435 g/mol. The minimum atomic E-state index is -4.16. The molecule has 4 heterocycles. The van der Waals surface area contributed by atoms with Gasteiger partial charge in [-0.1, -0.05) is 11.6 Å². The number of hydrogen-bond acceptors (Lipinski definition) is 6. The van der Waals surface area contributed by atoms with Crippen molar-refractivity contribution in [1.82, 2.24) is 20.1 Å². The molecule has 0 bridgehead atoms. The standard InChI is InChI=1S/C20H23ClF3N5O2/c21-18-16(10-26-27-19(18)30)29-8-4-15(11-29)31-17-9-14(1-5-25-17)13-2-6-28(7-3-13)12-20(22,23)24/h1,5,9-10,13,15H,2-4,6-8,11-12H2,(H,27,30)/t15-/m1/s1. The van der Waals surface area contributed by atoms with Gasteiger partial charge in [0.05, 0.1) is 25.0 Å². The molecule has 0 radical (unpaired) electrons. The van der Waals surface area contributed by atoms with Crippen LogP contribution in [0.15, 0.2) is 29.3 Å². The molecule has 168 valence electrons. The van der Waals surface area contributed by atoms with E-state index < -0.39 is 18.3 Å². The van der Waals surface area contributed by atoms with Crippen LogP contribution < -0.4 is 15.2 Å². The molecule has 0 unspecified atom stereocenters. The highest BCUT2D eigenvalue weighted by Crippen LogP contribution is 2.32. The van der Waals surface area contributed by atoms with E-state index in [0.29, 0.717) is 50.6 Å². The van der Waals surface area contributed by atoms with Crippen LogP contribution in [0.2, 0.25) is 5.02 Å². The Labute approximate surface area is 182 Å². The molecule has 2 aliphatic rings. The first-order chi connectivity index (χ1) is 14.8. The Kier molecular flexibility index (Phi) is 6.38. The Morgan fingerprint density at radius 2 is 2.00 bits per heavy atom. The fourth-order valence-corrected chi connectivity index (χ4v) is 4.44. The van der Waals surface area contributed by atoms with Gasteiger partial charge in [-0.05, 0) is 43.5 Å². The fraction of sp³-hybridized carbons (Fsp3) is 0.550. The Balaban J connectivity index is 1.34. The number of H-pyrrole nitrogens is 1. The summed E-state index contributed by atoms with van der Waals surface area (Å²) in [6.45, 7) is 1.21. The minimum absolute atomic E-state index is 0.104. The Hall–Kier alpha value is -2.33. The van der Waals surface area contributed by atoms with Crippen molar-refractivity contribution in [2.24, 2.45) is 0 Å². The molecule has 0 amide bonds. The van der Waals surface area contributed by atoms with Gasteiger partial charge in [-0.25, -0.2) is 10.1 Å². The van der Waals surface area contributed by atoms with E-state index in [1.54, 1.807) is 6.20 Å². The first-order valence-electron chi connectivity index (χ1n) is 10.2. The molecule has 0 saturated carbocycles. The van der Waals surface area contributed by atoms with Crippen molar-refractivity contribution in [3.05, 3.63) is 45.5 Å². The van der Waals surface area contributed by atoms with Gasteiger partial charge in [0.25, 0.3) is 5.56 Å². The number of nitrogens with one attached hydrogen (secondary N) is 1. The molecule has 7 nitrogen and oxygen atoms in total. The van der Waals surface area contributed by atoms with E-state index in [-0.39, 0.29) is 17.0 Å². The number of aromatic amines is 1. The molecule has 1 N–H and O–H groups in total. The van der Waals surface area contributed by atoms with Gasteiger partial charge in [0.2, 0.25) is 5.88 Å². The quantitative estimate of drug-likeness (QED) is 0.743. The summed E-state index contributed by atoms with van der Waals surface area (Å²) in [5.41, 5.74) is 1.18. The van der Waals surface area contributed by atoms with Crippen molar-refractivity contribution >= 4 is 17.3 Å². The number of hydrogen-bond donors (Lipinski definition) is 1. The fourth-order valence-electron chi connectivity index (χ4n) is 4.23. The average Bonchev–Trinajstić information content (AvgIpc) is 3.18. The summed E-state index contributed by atoms with van der Waals surface area (Å²) in [4.78, 5) is 19.4. The monoisotopic (exact) mass is 457 g/mol. The number of anilines is 1. The molecule has 0 spiro atoms. The second-order valence-electron chi connectivity index (χ2n) is 7.97. The van der Waals surface area contributed by atoms with Crippen molar-refractivity contribution in [3.8, 4) is 5.88 Å². The largest absolute Gasteiger partial charge is 0.472 e. The number of piperidine rings is 1. The molecular formula is C20H23ClF3N5O2. The molecule has 1 atom stereocenters. The summed E-state index contributed by atoms with van der Waals surface area (Å²) in [7, 11) is 0. The van der Waals surface area contributed by atoms with Crippen LogP contribution in [0, 0.1) is 0 Å². The zero-order valence-corrected chi connectivity index (χ0v) is 17.5. The third-order valence-corrected chi connectivity index (χ3v) is 6.14. The van der Waals surface area contributed by atoms with Crippen LogP contribution in [0.25, 0.3) is 0 Å². The molecule has 2 fully saturated rings. The maximum Gasteiger partial charge on any atom is 0.401 e. The first kappa shape index (κ1) is 21.9. The molecule has 31 heavy (non-hydrogen) atoms. The van der Waals surface area contributed by atoms with Gasteiger partial charge in [0, 0.05) is 25.2 Å². The van der Waals surface area contributed by atoms with E-state index in [2.05, 4.69) is 15.2 Å². The Bertz CT molecular complexity index is 962. The van der Waals surface area contributed by atoms with Gasteiger partial charge in [0.15, 0.2) is 0 Å². The number of ether oxygens (including phenoxy) is 1. The molecule has 2 aliphatic heterocycles. The summed E-state index contributed by atoms with van der Waals surface area (Å²) >= 11 is 6.09. The second kappa shape index (κ2) is 9.04. The zero-order chi connectivity index (χ0) is 22.0. The summed E-state index contributed by atoms with van der Waals surface area (Å²) < 4.78 is 43.8. The van der Waals surface area contributed by atoms with E-state index >= 15 is 0 Å². The summed E-state index contributed by atoms with van der Waals surface area (Å²) in [6.07, 6.45) is 1.01. The SMILES string of the molecule is O=c1[nH]ncc(N2CC[C@@H](Oc3cc(C4CCN(CC(F)(F)F)CC4)ccn3)C2)c1Cl. The maximum absolute atomic E-state index is 12.6. The van der Waals surface area contributed by atoms with Crippen molar-refractivity contribution in [1.29, 1.82) is 0 Å². The molecule has 2 aromatic rings. The van der Waals surface area contributed by atoms with Crippen molar-refractivity contribution in [2.45, 2.75) is 37.5 Å². The predicted octanol–water partition coefficient (Wildman–Crippen LogP) is 3.22. The Morgan fingerprint density at radius 1 is 1.23 bits per heavy atom. The Morgan fingerprint density at radius 3 is 2.74 bits per heavy atom. The highest BCUT2D eigenvalue weighted by molar-refractivity contribution is 6.33. The number of halogens is 4. The van der Waals surface area contributed by atoms with Crippen molar-refractivity contribution in [3.63, 3.8) is 0 Å². The van der Waals surface area contributed by atoms with Gasteiger partial charge in [-0.2, -0.15) is 18.3 Å². The number of likely N-dealkylation sites (tertiary alicyclic amines) is 1. The molecule has 0 aromatic carbocycles. The lowest BCUT2D eigenvalue weighted by Gasteiger charge is -2.32. The molecule has 2 aromatic heterocycles. The minimum Gasteiger partial charge on any atom is -0.472 e. The molecule has 11 heteroatoms. The summed E-state index contributed by atoms with van der Waals surface area (Å²) in [6, 6.07) is 3.79. The van der Waals surface area contributed by atoms with Crippen LogP contribution >= 0.6 is 11.6 Å². The van der Waals surface area contributed by atoms with E-state index in [9.17, 15) is 18.0 Å². The van der Waals surface area contributed by atoms with Crippen molar-refractivity contribution in [2.75, 3.05) is 37.6 Å². The second-order valence-corrected chi connectivity index (χ2v) is 8.34. The van der Waals surface area contributed by atoms with E-state index in [1.165, 1.54) is 11.1 Å². The van der Waals surface area contributed by atoms with Crippen LogP contribution in [-0.4, -0.2) is 65.1 Å². The van der Waals surface area contributed by atoms with Gasteiger partial charge in [0.1, 0.15) is 11.1 Å². The van der Waals surface area contributed by atoms with Gasteiger partial charge in [-0.3, -0.25) is 9.69 Å². The lowest BCUT2D eigenvalue weighted by atomic mass is 9.90. The van der Waals surface area contributed by atoms with Gasteiger partial charge >= 0.3 is 6.18 Å². The van der Waals surface area contributed by atoms with Gasteiger partial charge < -0.3 is 9.64 Å². The van der Waals surface area contributed by atoms with E-state index in [4.69, 9.17) is 16.3 Å². The van der Waals surface area contributed by atoms with E-state index in [1.807, 2.05) is 17.0 Å². The van der Waals surface area contributed by atoms with Crippen LogP contribution in [0.5, 0.6) is 5.88 Å². The van der Waals surface area contributed by atoms with E-state index in [0.717, 1.165) is 12.0 Å². The lowest BCUT2D eigenvalue weighted by molar-refractivity contribution is -0.147. The molecule has 2 saturated heterocycles. The molecule has 4 rings (SSSR count). The number of pyridine rings is 1. The predicted molar refractivity (Wildman–Crippen MR) is 110 cm³/mol. The zero-order valence-electron chi connectivity index (χ0n) is 16.7. The number of nitrogens with zero attached hydrogens (tertiary/aromatic N) is 4. The maximum atomic E-state index is 12.6. The average molecular weight is 458 g/mol. The normalized spacial score (nSPS) is 20.9. The third kappa shape index (κ3) is 5.48. The summed E-state index contributed by atoms with van der Waals surface area (Å²) in [5, 5.41) is 6.21. The van der Waals surface area contributed by atoms with Crippen LogP contribution in [0.3, 0.4) is 0 Å². The third-order valence-electron chi connectivity index (χ3n) is 5.77. The van der Waals surface area contributed by atoms with Crippen LogP contribution in [0.4, 0.5) is 18.9 Å². The van der Waals surface area contributed by atoms with Crippen LogP contribution in [-0.2, 0) is 0 Å². The smallest absolute Gasteiger partial charge is 0.401 e. The van der Waals surface area contributed by atoms with Crippen molar-refractivity contribution < 1.29 is 17.9 Å². The van der Waals surface area contributed by atoms with Crippen LogP contribution in [0.1, 0.15) is 30.7 Å².